The molecule has 4 heteroatoms. The Kier molecular flexibility index (Phi) is 5.04. The molecule has 0 fully saturated rings. The van der Waals surface area contributed by atoms with Crippen molar-refractivity contribution in [2.75, 3.05) is 5.32 Å². The van der Waals surface area contributed by atoms with Crippen LogP contribution in [-0.4, -0.2) is 11.9 Å². The number of carbonyl (C=O) groups is 1. The zero-order chi connectivity index (χ0) is 11.3. The van der Waals surface area contributed by atoms with Crippen molar-refractivity contribution < 1.29 is 4.79 Å². The standard InChI is InChI=1S/C11H15IN2O/c1-2-4-10(13)11(15)14-9-6-3-5-8(12)7-9/h3,5-7,10H,2,4,13H2,1H3,(H,14,15)/t10-/m1/s1. The molecule has 82 valence electrons. The van der Waals surface area contributed by atoms with Gasteiger partial charge in [-0.3, -0.25) is 4.79 Å². The second-order valence-corrected chi connectivity index (χ2v) is 4.64. The van der Waals surface area contributed by atoms with Crippen molar-refractivity contribution in [2.45, 2.75) is 25.8 Å². The molecular formula is C11H15IN2O. The quantitative estimate of drug-likeness (QED) is 0.838. The smallest absolute Gasteiger partial charge is 0.241 e. The Morgan fingerprint density at radius 1 is 1.60 bits per heavy atom. The van der Waals surface area contributed by atoms with Crippen LogP contribution in [0.5, 0.6) is 0 Å². The lowest BCUT2D eigenvalue weighted by atomic mass is 10.1. The Balaban J connectivity index is 2.58. The van der Waals surface area contributed by atoms with Gasteiger partial charge >= 0.3 is 0 Å². The third-order valence-electron chi connectivity index (χ3n) is 2.03. The predicted molar refractivity (Wildman–Crippen MR) is 70.7 cm³/mol. The van der Waals surface area contributed by atoms with Crippen LogP contribution in [0.15, 0.2) is 24.3 Å². The van der Waals surface area contributed by atoms with Crippen LogP contribution in [0.25, 0.3) is 0 Å². The van der Waals surface area contributed by atoms with Crippen LogP contribution >= 0.6 is 22.6 Å². The number of benzene rings is 1. The summed E-state index contributed by atoms with van der Waals surface area (Å²) in [5, 5.41) is 2.80. The highest BCUT2D eigenvalue weighted by Gasteiger charge is 2.11. The molecule has 1 rings (SSSR count). The van der Waals surface area contributed by atoms with Crippen molar-refractivity contribution in [3.63, 3.8) is 0 Å². The number of halogens is 1. The minimum absolute atomic E-state index is 0.112. The molecule has 1 aromatic carbocycles. The average Bonchev–Trinajstić information content (AvgIpc) is 2.18. The van der Waals surface area contributed by atoms with E-state index in [2.05, 4.69) is 27.9 Å². The Hall–Kier alpha value is -0.620. The van der Waals surface area contributed by atoms with Gasteiger partial charge in [-0.1, -0.05) is 19.4 Å². The highest BCUT2D eigenvalue weighted by atomic mass is 127. The van der Waals surface area contributed by atoms with E-state index in [-0.39, 0.29) is 5.91 Å². The fourth-order valence-corrected chi connectivity index (χ4v) is 1.79. The first-order valence-corrected chi connectivity index (χ1v) is 6.03. The van der Waals surface area contributed by atoms with Crippen LogP contribution in [0, 0.1) is 3.57 Å². The first-order valence-electron chi connectivity index (χ1n) is 4.95. The maximum atomic E-state index is 11.6. The number of nitrogens with two attached hydrogens (primary N) is 1. The van der Waals surface area contributed by atoms with E-state index in [1.807, 2.05) is 31.2 Å². The molecule has 0 aliphatic heterocycles. The summed E-state index contributed by atoms with van der Waals surface area (Å²) in [5.41, 5.74) is 6.50. The molecule has 0 saturated heterocycles. The lowest BCUT2D eigenvalue weighted by Gasteiger charge is -2.11. The highest BCUT2D eigenvalue weighted by molar-refractivity contribution is 14.1. The number of hydrogen-bond acceptors (Lipinski definition) is 2. The summed E-state index contributed by atoms with van der Waals surface area (Å²) in [6, 6.07) is 7.24. The molecule has 0 heterocycles. The lowest BCUT2D eigenvalue weighted by Crippen LogP contribution is -2.35. The minimum atomic E-state index is -0.409. The maximum Gasteiger partial charge on any atom is 0.241 e. The summed E-state index contributed by atoms with van der Waals surface area (Å²) < 4.78 is 1.09. The van der Waals surface area contributed by atoms with Crippen molar-refractivity contribution in [2.24, 2.45) is 5.73 Å². The van der Waals surface area contributed by atoms with Crippen LogP contribution in [0.3, 0.4) is 0 Å². The molecule has 0 bridgehead atoms. The molecular weight excluding hydrogens is 303 g/mol. The van der Waals surface area contributed by atoms with Crippen LogP contribution in [0.2, 0.25) is 0 Å². The van der Waals surface area contributed by atoms with Gasteiger partial charge in [0.15, 0.2) is 0 Å². The molecule has 0 radical (unpaired) electrons. The molecule has 0 saturated carbocycles. The van der Waals surface area contributed by atoms with E-state index in [1.54, 1.807) is 0 Å². The van der Waals surface area contributed by atoms with E-state index in [1.165, 1.54) is 0 Å². The summed E-state index contributed by atoms with van der Waals surface area (Å²) >= 11 is 2.20. The molecule has 15 heavy (non-hydrogen) atoms. The van der Waals surface area contributed by atoms with Gasteiger partial charge < -0.3 is 11.1 Å². The zero-order valence-corrected chi connectivity index (χ0v) is 10.8. The Labute approximate surface area is 104 Å². The Morgan fingerprint density at radius 2 is 2.33 bits per heavy atom. The van der Waals surface area contributed by atoms with Gasteiger partial charge in [-0.25, -0.2) is 0 Å². The van der Waals surface area contributed by atoms with Crippen LogP contribution in [0.4, 0.5) is 5.69 Å². The van der Waals surface area contributed by atoms with Crippen LogP contribution in [0.1, 0.15) is 19.8 Å². The highest BCUT2D eigenvalue weighted by Crippen LogP contribution is 2.12. The largest absolute Gasteiger partial charge is 0.325 e. The molecule has 0 aromatic heterocycles. The van der Waals surface area contributed by atoms with Crippen molar-refractivity contribution in [3.8, 4) is 0 Å². The molecule has 3 N–H and O–H groups in total. The van der Waals surface area contributed by atoms with Crippen molar-refractivity contribution >= 4 is 34.2 Å². The van der Waals surface area contributed by atoms with Crippen molar-refractivity contribution in [3.05, 3.63) is 27.8 Å². The summed E-state index contributed by atoms with van der Waals surface area (Å²) in [5.74, 6) is -0.112. The molecule has 1 amide bonds. The molecule has 1 atom stereocenters. The Morgan fingerprint density at radius 3 is 2.93 bits per heavy atom. The summed E-state index contributed by atoms with van der Waals surface area (Å²) in [4.78, 5) is 11.6. The van der Waals surface area contributed by atoms with Gasteiger partial charge in [0.2, 0.25) is 5.91 Å². The SMILES string of the molecule is CCC[C@@H](N)C(=O)Nc1cccc(I)c1. The predicted octanol–water partition coefficient (Wildman–Crippen LogP) is 2.36. The summed E-state index contributed by atoms with van der Waals surface area (Å²) in [7, 11) is 0. The fraction of sp³-hybridized carbons (Fsp3) is 0.364. The van der Waals surface area contributed by atoms with E-state index in [9.17, 15) is 4.79 Å². The molecule has 0 unspecified atom stereocenters. The number of rotatable bonds is 4. The van der Waals surface area contributed by atoms with E-state index in [4.69, 9.17) is 5.73 Å². The molecule has 0 aliphatic rings. The van der Waals surface area contributed by atoms with E-state index >= 15 is 0 Å². The molecule has 0 aliphatic carbocycles. The van der Waals surface area contributed by atoms with Gasteiger partial charge in [0.1, 0.15) is 0 Å². The average molecular weight is 318 g/mol. The number of hydrogen-bond donors (Lipinski definition) is 2. The lowest BCUT2D eigenvalue weighted by molar-refractivity contribution is -0.117. The maximum absolute atomic E-state index is 11.6. The van der Waals surface area contributed by atoms with Gasteiger partial charge in [0.25, 0.3) is 0 Å². The summed E-state index contributed by atoms with van der Waals surface area (Å²) in [6.45, 7) is 2.01. The number of amides is 1. The zero-order valence-electron chi connectivity index (χ0n) is 8.66. The monoisotopic (exact) mass is 318 g/mol. The van der Waals surface area contributed by atoms with Crippen molar-refractivity contribution in [1.29, 1.82) is 0 Å². The van der Waals surface area contributed by atoms with Gasteiger partial charge in [0.05, 0.1) is 6.04 Å². The van der Waals surface area contributed by atoms with E-state index in [0.717, 1.165) is 22.1 Å². The third-order valence-corrected chi connectivity index (χ3v) is 2.70. The molecule has 3 nitrogen and oxygen atoms in total. The van der Waals surface area contributed by atoms with Gasteiger partial charge in [-0.05, 0) is 47.2 Å². The van der Waals surface area contributed by atoms with Gasteiger partial charge in [-0.2, -0.15) is 0 Å². The molecule has 1 aromatic rings. The number of nitrogens with one attached hydrogen (secondary N) is 1. The first-order chi connectivity index (χ1) is 7.13. The topological polar surface area (TPSA) is 55.1 Å². The summed E-state index contributed by atoms with van der Waals surface area (Å²) in [6.07, 6.45) is 1.64. The molecule has 0 spiro atoms. The van der Waals surface area contributed by atoms with E-state index in [0.29, 0.717) is 0 Å². The number of carbonyl (C=O) groups excluding carboxylic acids is 1. The van der Waals surface area contributed by atoms with Gasteiger partial charge in [0, 0.05) is 9.26 Å². The fourth-order valence-electron chi connectivity index (χ4n) is 1.24. The van der Waals surface area contributed by atoms with Crippen LogP contribution < -0.4 is 11.1 Å². The van der Waals surface area contributed by atoms with Gasteiger partial charge in [-0.15, -0.1) is 0 Å². The Bertz CT molecular complexity index is 341. The second-order valence-electron chi connectivity index (χ2n) is 3.39. The number of anilines is 1. The van der Waals surface area contributed by atoms with Crippen molar-refractivity contribution in [1.82, 2.24) is 0 Å². The van der Waals surface area contributed by atoms with E-state index < -0.39 is 6.04 Å². The third kappa shape index (κ3) is 4.17. The first kappa shape index (κ1) is 12.4. The normalized spacial score (nSPS) is 12.2. The second kappa shape index (κ2) is 6.07. The van der Waals surface area contributed by atoms with Crippen LogP contribution in [-0.2, 0) is 4.79 Å². The minimum Gasteiger partial charge on any atom is -0.325 e.